The molecule has 2 amide bonds. The predicted octanol–water partition coefficient (Wildman–Crippen LogP) is 2.76. The molecular weight excluding hydrogens is 370 g/mol. The zero-order valence-corrected chi connectivity index (χ0v) is 16.6. The SMILES string of the molecule is COc1ccc(C(N[C@H]2CC(=O)N(CC#N)C2=O)=C2CC2)cc1OC1CCCC1. The molecular formula is C22H25N3O4. The number of nitrogens with zero attached hydrogens (tertiary/aromatic N) is 2. The number of hydrogen-bond donors (Lipinski definition) is 1. The Morgan fingerprint density at radius 2 is 2.00 bits per heavy atom. The summed E-state index contributed by atoms with van der Waals surface area (Å²) in [5.41, 5.74) is 3.03. The van der Waals surface area contributed by atoms with Gasteiger partial charge in [0, 0.05) is 11.3 Å². The third kappa shape index (κ3) is 4.07. The van der Waals surface area contributed by atoms with E-state index in [9.17, 15) is 9.59 Å². The number of carbonyl (C=O) groups excluding carboxylic acids is 2. The smallest absolute Gasteiger partial charge is 0.253 e. The summed E-state index contributed by atoms with van der Waals surface area (Å²) in [6, 6.07) is 7.03. The zero-order chi connectivity index (χ0) is 20.4. The van der Waals surface area contributed by atoms with Crippen LogP contribution in [0.5, 0.6) is 11.5 Å². The zero-order valence-electron chi connectivity index (χ0n) is 16.6. The van der Waals surface area contributed by atoms with Crippen molar-refractivity contribution in [2.24, 2.45) is 0 Å². The molecule has 3 aliphatic rings. The Morgan fingerprint density at radius 1 is 1.24 bits per heavy atom. The molecule has 1 heterocycles. The van der Waals surface area contributed by atoms with Crippen LogP contribution in [0.4, 0.5) is 0 Å². The number of methoxy groups -OCH3 is 1. The van der Waals surface area contributed by atoms with Crippen molar-refractivity contribution in [2.75, 3.05) is 13.7 Å². The molecule has 0 aromatic heterocycles. The number of rotatable bonds is 7. The summed E-state index contributed by atoms with van der Waals surface area (Å²) < 4.78 is 11.7. The lowest BCUT2D eigenvalue weighted by molar-refractivity contribution is -0.138. The van der Waals surface area contributed by atoms with Gasteiger partial charge < -0.3 is 14.8 Å². The molecule has 0 unspecified atom stereocenters. The Hall–Kier alpha value is -3.01. The molecule has 1 saturated heterocycles. The van der Waals surface area contributed by atoms with Gasteiger partial charge in [-0.2, -0.15) is 5.26 Å². The minimum atomic E-state index is -0.639. The standard InChI is InChI=1S/C22H25N3O4/c1-28-18-9-8-15(12-19(18)29-16-4-2-3-5-16)21(14-6-7-14)24-17-13-20(26)25(11-10-23)22(17)27/h8-9,12,16-17,24H,2-7,11,13H2,1H3/t17-/m0/s1. The van der Waals surface area contributed by atoms with Crippen molar-refractivity contribution in [1.82, 2.24) is 10.2 Å². The second-order valence-electron chi connectivity index (χ2n) is 7.75. The molecule has 1 aliphatic heterocycles. The van der Waals surface area contributed by atoms with Crippen LogP contribution in [0.25, 0.3) is 5.70 Å². The second-order valence-corrected chi connectivity index (χ2v) is 7.75. The fourth-order valence-corrected chi connectivity index (χ4v) is 4.02. The first-order chi connectivity index (χ1) is 14.1. The Kier molecular flexibility index (Phi) is 5.43. The molecule has 3 fully saturated rings. The fraction of sp³-hybridized carbons (Fsp3) is 0.500. The van der Waals surface area contributed by atoms with Crippen LogP contribution in [0, 0.1) is 11.3 Å². The quantitative estimate of drug-likeness (QED) is 0.564. The Bertz CT molecular complexity index is 890. The number of imide groups is 1. The minimum Gasteiger partial charge on any atom is -0.493 e. The molecule has 7 nitrogen and oxygen atoms in total. The molecule has 1 atom stereocenters. The summed E-state index contributed by atoms with van der Waals surface area (Å²) in [4.78, 5) is 25.6. The lowest BCUT2D eigenvalue weighted by Gasteiger charge is -2.20. The Labute approximate surface area is 170 Å². The maximum absolute atomic E-state index is 12.5. The minimum absolute atomic E-state index is 0.0683. The lowest BCUT2D eigenvalue weighted by atomic mass is 10.1. The summed E-state index contributed by atoms with van der Waals surface area (Å²) in [5.74, 6) is 0.742. The average molecular weight is 395 g/mol. The van der Waals surface area contributed by atoms with Gasteiger partial charge in [-0.15, -0.1) is 0 Å². The Balaban J connectivity index is 1.57. The first kappa shape index (κ1) is 19.3. The number of ether oxygens (including phenoxy) is 2. The molecule has 152 valence electrons. The van der Waals surface area contributed by atoms with Crippen molar-refractivity contribution in [1.29, 1.82) is 5.26 Å². The molecule has 0 radical (unpaired) electrons. The first-order valence-corrected chi connectivity index (χ1v) is 10.2. The van der Waals surface area contributed by atoms with Crippen molar-refractivity contribution in [2.45, 2.75) is 57.1 Å². The van der Waals surface area contributed by atoms with Crippen molar-refractivity contribution in [3.8, 4) is 17.6 Å². The predicted molar refractivity (Wildman–Crippen MR) is 106 cm³/mol. The van der Waals surface area contributed by atoms with Gasteiger partial charge in [0.05, 0.1) is 25.7 Å². The summed E-state index contributed by atoms with van der Waals surface area (Å²) >= 11 is 0. The van der Waals surface area contributed by atoms with Crippen LogP contribution in [-0.4, -0.2) is 42.5 Å². The highest BCUT2D eigenvalue weighted by atomic mass is 16.5. The van der Waals surface area contributed by atoms with E-state index in [0.29, 0.717) is 11.5 Å². The van der Waals surface area contributed by atoms with Crippen LogP contribution in [0.1, 0.15) is 50.5 Å². The highest BCUT2D eigenvalue weighted by Gasteiger charge is 2.39. The number of hydrogen-bond acceptors (Lipinski definition) is 6. The first-order valence-electron chi connectivity index (χ1n) is 10.2. The van der Waals surface area contributed by atoms with Crippen molar-refractivity contribution < 1.29 is 19.1 Å². The van der Waals surface area contributed by atoms with Crippen LogP contribution in [0.15, 0.2) is 23.8 Å². The Morgan fingerprint density at radius 3 is 2.66 bits per heavy atom. The molecule has 0 bridgehead atoms. The third-order valence-corrected chi connectivity index (χ3v) is 5.69. The van der Waals surface area contributed by atoms with E-state index < -0.39 is 6.04 Å². The highest BCUT2D eigenvalue weighted by molar-refractivity contribution is 6.06. The van der Waals surface area contributed by atoms with Crippen LogP contribution >= 0.6 is 0 Å². The van der Waals surface area contributed by atoms with Gasteiger partial charge in [0.25, 0.3) is 5.91 Å². The van der Waals surface area contributed by atoms with Gasteiger partial charge in [0.15, 0.2) is 11.5 Å². The molecule has 1 N–H and O–H groups in total. The van der Waals surface area contributed by atoms with Gasteiger partial charge in [0.2, 0.25) is 5.91 Å². The largest absolute Gasteiger partial charge is 0.493 e. The fourth-order valence-electron chi connectivity index (χ4n) is 4.02. The van der Waals surface area contributed by atoms with E-state index in [1.165, 1.54) is 18.4 Å². The summed E-state index contributed by atoms with van der Waals surface area (Å²) in [5, 5.41) is 12.1. The van der Waals surface area contributed by atoms with Gasteiger partial charge >= 0.3 is 0 Å². The molecule has 0 spiro atoms. The van der Waals surface area contributed by atoms with E-state index in [0.717, 1.165) is 41.8 Å². The highest BCUT2D eigenvalue weighted by Crippen LogP contribution is 2.39. The van der Waals surface area contributed by atoms with Crippen molar-refractivity contribution in [3.63, 3.8) is 0 Å². The van der Waals surface area contributed by atoms with E-state index in [2.05, 4.69) is 5.32 Å². The summed E-state index contributed by atoms with van der Waals surface area (Å²) in [7, 11) is 1.63. The lowest BCUT2D eigenvalue weighted by Crippen LogP contribution is -2.38. The number of allylic oxidation sites excluding steroid dienone is 1. The van der Waals surface area contributed by atoms with Crippen LogP contribution in [-0.2, 0) is 9.59 Å². The molecule has 4 rings (SSSR count). The van der Waals surface area contributed by atoms with Gasteiger partial charge in [0.1, 0.15) is 12.6 Å². The number of benzene rings is 1. The van der Waals surface area contributed by atoms with Crippen molar-refractivity contribution in [3.05, 3.63) is 29.3 Å². The van der Waals surface area contributed by atoms with Crippen LogP contribution in [0.2, 0.25) is 0 Å². The van der Waals surface area contributed by atoms with E-state index in [1.54, 1.807) is 7.11 Å². The average Bonchev–Trinajstić information content (AvgIpc) is 3.37. The van der Waals surface area contributed by atoms with Crippen LogP contribution < -0.4 is 14.8 Å². The molecule has 1 aromatic rings. The van der Waals surface area contributed by atoms with Gasteiger partial charge in [-0.25, -0.2) is 0 Å². The maximum Gasteiger partial charge on any atom is 0.253 e. The third-order valence-electron chi connectivity index (χ3n) is 5.69. The van der Waals surface area contributed by atoms with Crippen LogP contribution in [0.3, 0.4) is 0 Å². The second kappa shape index (κ2) is 8.16. The number of likely N-dealkylation sites (tertiary alicyclic amines) is 1. The molecule has 29 heavy (non-hydrogen) atoms. The van der Waals surface area contributed by atoms with E-state index in [1.807, 2.05) is 24.3 Å². The maximum atomic E-state index is 12.5. The number of carbonyl (C=O) groups is 2. The van der Waals surface area contributed by atoms with E-state index in [-0.39, 0.29) is 30.9 Å². The molecule has 2 aliphatic carbocycles. The summed E-state index contributed by atoms with van der Waals surface area (Å²) in [6.45, 7) is -0.205. The normalized spacial score (nSPS) is 21.3. The van der Waals surface area contributed by atoms with Gasteiger partial charge in [-0.05, 0) is 62.3 Å². The number of nitrogens with one attached hydrogen (secondary N) is 1. The van der Waals surface area contributed by atoms with Gasteiger partial charge in [-0.1, -0.05) is 0 Å². The summed E-state index contributed by atoms with van der Waals surface area (Å²) in [6.07, 6.45) is 6.66. The molecule has 1 aromatic carbocycles. The number of nitriles is 1. The molecule has 2 saturated carbocycles. The molecule has 7 heteroatoms. The van der Waals surface area contributed by atoms with E-state index in [4.69, 9.17) is 14.7 Å². The van der Waals surface area contributed by atoms with Crippen molar-refractivity contribution >= 4 is 17.5 Å². The van der Waals surface area contributed by atoms with Gasteiger partial charge in [-0.3, -0.25) is 14.5 Å². The monoisotopic (exact) mass is 395 g/mol. The topological polar surface area (TPSA) is 91.7 Å². The number of amides is 2. The van der Waals surface area contributed by atoms with E-state index >= 15 is 0 Å².